The van der Waals surface area contributed by atoms with Crippen molar-refractivity contribution in [1.82, 2.24) is 79.8 Å². The van der Waals surface area contributed by atoms with Crippen LogP contribution in [0, 0.1) is 5.92 Å². The number of carbonyl (C=O) groups is 11. The Kier molecular flexibility index (Phi) is 32.2. The zero-order valence-electron chi connectivity index (χ0n) is 46.4. The van der Waals surface area contributed by atoms with E-state index < -0.39 is 102 Å². The smallest absolute Gasteiger partial charge is 0.243 e. The molecule has 2 aliphatic rings. The average molecular weight is 1110 g/mol. The van der Waals surface area contributed by atoms with Gasteiger partial charge in [0.25, 0.3) is 0 Å². The molecule has 444 valence electrons. The topological polar surface area (TPSA) is 446 Å². The van der Waals surface area contributed by atoms with Gasteiger partial charge in [0.2, 0.25) is 65.0 Å². The molecule has 5 atom stereocenters. The number of amides is 11. The van der Waals surface area contributed by atoms with Crippen molar-refractivity contribution in [3.63, 3.8) is 0 Å². The van der Waals surface area contributed by atoms with Crippen molar-refractivity contribution < 1.29 is 52.7 Å². The van der Waals surface area contributed by atoms with Crippen LogP contribution < -0.4 is 97.0 Å². The van der Waals surface area contributed by atoms with Crippen LogP contribution >= 0.6 is 0 Å². The second-order valence-corrected chi connectivity index (χ2v) is 20.8. The van der Waals surface area contributed by atoms with E-state index in [1.165, 1.54) is 7.05 Å². The van der Waals surface area contributed by atoms with E-state index in [9.17, 15) is 52.7 Å². The lowest BCUT2D eigenvalue weighted by molar-refractivity contribution is -0.135. The molecule has 2 fully saturated rings. The van der Waals surface area contributed by atoms with Crippen LogP contribution in [-0.2, 0) is 52.7 Å². The summed E-state index contributed by atoms with van der Waals surface area (Å²) in [4.78, 5) is 141. The molecule has 0 unspecified atom stereocenters. The molecule has 0 aromatic rings. The number of primary amides is 2. The molecule has 0 saturated carbocycles. The SMILES string of the molecule is CNCCNC[C@]1(N)CNCCNC[C@@](C)(NC(=O)CCCC(=O)NCCCC[C@H](NC(=O)[C@H](CCC(N)=O)NC(=O)[C@@H]2CCC(=O)N2)C(=O)N[C@@H](CC(C)C)C(=O)NCC(=O)N[C@@H](CC(N)=O)C(=O)NC)CNCCNC1. The average Bonchev–Trinajstić information content (AvgIpc) is 3.82. The predicted molar refractivity (Wildman–Crippen MR) is 290 cm³/mol. The summed E-state index contributed by atoms with van der Waals surface area (Å²) in [5, 5.41) is 43.6. The van der Waals surface area contributed by atoms with Gasteiger partial charge in [-0.25, -0.2) is 0 Å². The van der Waals surface area contributed by atoms with E-state index in [1.54, 1.807) is 13.8 Å². The predicted octanol–water partition coefficient (Wildman–Crippen LogP) is -7.54. The fourth-order valence-corrected chi connectivity index (χ4v) is 8.52. The summed E-state index contributed by atoms with van der Waals surface area (Å²) < 4.78 is 0. The van der Waals surface area contributed by atoms with Gasteiger partial charge in [0.15, 0.2) is 0 Å². The van der Waals surface area contributed by atoms with Gasteiger partial charge in [-0.3, -0.25) is 52.7 Å². The van der Waals surface area contributed by atoms with E-state index in [0.29, 0.717) is 65.3 Å². The van der Waals surface area contributed by atoms with Crippen LogP contribution in [-0.4, -0.2) is 205 Å². The zero-order valence-corrected chi connectivity index (χ0v) is 46.4. The number of carbonyl (C=O) groups excluding carboxylic acids is 11. The first-order valence-corrected chi connectivity index (χ1v) is 27.1. The van der Waals surface area contributed by atoms with Gasteiger partial charge in [0, 0.05) is 111 Å². The van der Waals surface area contributed by atoms with Crippen LogP contribution in [0.1, 0.15) is 97.8 Å². The molecule has 2 rings (SSSR count). The molecule has 0 aliphatic carbocycles. The molecule has 2 heterocycles. The van der Waals surface area contributed by atoms with Crippen molar-refractivity contribution >= 4 is 65.0 Å². The molecule has 2 aliphatic heterocycles. The second-order valence-electron chi connectivity index (χ2n) is 20.8. The molecule has 0 radical (unpaired) electrons. The lowest BCUT2D eigenvalue weighted by Gasteiger charge is -2.33. The third kappa shape index (κ3) is 29.0. The summed E-state index contributed by atoms with van der Waals surface area (Å²) in [7, 11) is 3.20. The van der Waals surface area contributed by atoms with Crippen molar-refractivity contribution in [1.29, 1.82) is 0 Å². The molecule has 78 heavy (non-hydrogen) atoms. The standard InChI is InChI=1S/C49H92N18O11/c1-31(2)23-35(44(75)61-25-42(73)63-36(24-38(51)69)43(74)54-5)66-45(76)32(64-47(78)34(12-14-37(50)68)65-46(77)33-13-15-40(71)62-33)9-6-7-16-60-39(70)10-8-11-41(72)67-48(3)26-55-19-21-58-29-49(52,28-57-18-17-53-4)30-59-22-20-56-27-48/h31-36,53,55-59H,6-30,52H2,1-5H3,(H2,50,68)(H2,51,69)(H,54,74)(H,60,70)(H,61,75)(H,62,71)(H,63,73)(H,64,78)(H,65,77)(H,66,76)(H,67,72)/t32-,33-,34-,35-,36-,48-,49+/m0/s1. The highest BCUT2D eigenvalue weighted by Gasteiger charge is 2.34. The van der Waals surface area contributed by atoms with Crippen LogP contribution in [0.3, 0.4) is 0 Å². The summed E-state index contributed by atoms with van der Waals surface area (Å²) in [6.45, 7) is 12.3. The van der Waals surface area contributed by atoms with Gasteiger partial charge in [-0.1, -0.05) is 13.8 Å². The Balaban J connectivity index is 2.05. The van der Waals surface area contributed by atoms with Gasteiger partial charge < -0.3 is 97.0 Å². The van der Waals surface area contributed by atoms with E-state index in [-0.39, 0.29) is 94.4 Å². The number of hydrogen-bond donors (Lipinski definition) is 18. The van der Waals surface area contributed by atoms with Crippen molar-refractivity contribution in [2.75, 3.05) is 99.2 Å². The van der Waals surface area contributed by atoms with Crippen molar-refractivity contribution in [2.45, 2.75) is 139 Å². The first-order valence-electron chi connectivity index (χ1n) is 27.1. The molecular formula is C49H92N18O11. The van der Waals surface area contributed by atoms with Crippen molar-refractivity contribution in [3.05, 3.63) is 0 Å². The lowest BCUT2D eigenvalue weighted by Crippen LogP contribution is -2.63. The molecule has 21 N–H and O–H groups in total. The minimum atomic E-state index is -1.36. The highest BCUT2D eigenvalue weighted by molar-refractivity contribution is 5.97. The Morgan fingerprint density at radius 1 is 0.628 bits per heavy atom. The minimum Gasteiger partial charge on any atom is -0.370 e. The monoisotopic (exact) mass is 1110 g/mol. The number of nitrogens with two attached hydrogens (primary N) is 3. The highest BCUT2D eigenvalue weighted by Crippen LogP contribution is 2.12. The molecule has 0 aromatic heterocycles. The summed E-state index contributed by atoms with van der Waals surface area (Å²) in [5.41, 5.74) is 16.2. The number of unbranched alkanes of at least 4 members (excludes halogenated alkanes) is 1. The molecule has 29 nitrogen and oxygen atoms in total. The third-order valence-electron chi connectivity index (χ3n) is 12.8. The molecule has 0 spiro atoms. The molecular weight excluding hydrogens is 1020 g/mol. The Hall–Kier alpha value is -6.11. The van der Waals surface area contributed by atoms with Crippen LogP contribution in [0.25, 0.3) is 0 Å². The van der Waals surface area contributed by atoms with E-state index in [2.05, 4.69) is 79.8 Å². The fourth-order valence-electron chi connectivity index (χ4n) is 8.52. The van der Waals surface area contributed by atoms with E-state index in [4.69, 9.17) is 17.2 Å². The second kappa shape index (κ2) is 36.9. The molecule has 2 saturated heterocycles. The van der Waals surface area contributed by atoms with Gasteiger partial charge >= 0.3 is 0 Å². The minimum absolute atomic E-state index is 0.0268. The zero-order chi connectivity index (χ0) is 58.1. The van der Waals surface area contributed by atoms with Gasteiger partial charge in [0.1, 0.15) is 30.2 Å². The normalized spacial score (nSPS) is 20.7. The molecule has 29 heteroatoms. The quantitative estimate of drug-likeness (QED) is 0.0272. The summed E-state index contributed by atoms with van der Waals surface area (Å²) in [6.07, 6.45) is 0.309. The lowest BCUT2D eigenvalue weighted by atomic mass is 10.00. The maximum absolute atomic E-state index is 14.1. The Bertz CT molecular complexity index is 1960. The van der Waals surface area contributed by atoms with Crippen molar-refractivity contribution in [3.8, 4) is 0 Å². The fraction of sp³-hybridized carbons (Fsp3) is 0.776. The van der Waals surface area contributed by atoms with Crippen LogP contribution in [0.5, 0.6) is 0 Å². The van der Waals surface area contributed by atoms with Crippen LogP contribution in [0.2, 0.25) is 0 Å². The van der Waals surface area contributed by atoms with Gasteiger partial charge in [-0.05, 0) is 64.8 Å². The summed E-state index contributed by atoms with van der Waals surface area (Å²) >= 11 is 0. The van der Waals surface area contributed by atoms with Gasteiger partial charge in [0.05, 0.1) is 24.0 Å². The maximum Gasteiger partial charge on any atom is 0.243 e. The molecule has 0 aromatic carbocycles. The third-order valence-corrected chi connectivity index (χ3v) is 12.8. The summed E-state index contributed by atoms with van der Waals surface area (Å²) in [5.74, 6) is -7.29. The van der Waals surface area contributed by atoms with Crippen molar-refractivity contribution in [2.24, 2.45) is 23.1 Å². The van der Waals surface area contributed by atoms with Crippen LogP contribution in [0.15, 0.2) is 0 Å². The van der Waals surface area contributed by atoms with E-state index in [1.807, 2.05) is 14.0 Å². The number of likely N-dealkylation sites (N-methyl/N-ethyl adjacent to an activating group) is 2. The Morgan fingerprint density at radius 3 is 1.79 bits per heavy atom. The summed E-state index contributed by atoms with van der Waals surface area (Å²) in [6, 6.07) is -6.16. The van der Waals surface area contributed by atoms with Gasteiger partial charge in [-0.2, -0.15) is 0 Å². The maximum atomic E-state index is 14.1. The Morgan fingerprint density at radius 2 is 1.23 bits per heavy atom. The van der Waals surface area contributed by atoms with E-state index in [0.717, 1.165) is 13.1 Å². The van der Waals surface area contributed by atoms with Crippen LogP contribution in [0.4, 0.5) is 0 Å². The van der Waals surface area contributed by atoms with E-state index >= 15 is 0 Å². The number of hydrogen-bond acceptors (Lipinski definition) is 18. The highest BCUT2D eigenvalue weighted by atomic mass is 16.2. The first-order chi connectivity index (χ1) is 37.0. The number of nitrogens with one attached hydrogen (secondary N) is 15. The number of rotatable bonds is 33. The molecule has 11 amide bonds. The Labute approximate surface area is 457 Å². The van der Waals surface area contributed by atoms with Gasteiger partial charge in [-0.15, -0.1) is 0 Å². The first kappa shape index (κ1) is 68.0. The molecule has 0 bridgehead atoms. The largest absolute Gasteiger partial charge is 0.370 e.